The van der Waals surface area contributed by atoms with Crippen LogP contribution in [0.5, 0.6) is 0 Å². The average molecular weight is 638 g/mol. The largest absolute Gasteiger partial charge is 0.396 e. The summed E-state index contributed by atoms with van der Waals surface area (Å²) in [4.78, 5) is 49.4. The Morgan fingerprint density at radius 2 is 1.54 bits per heavy atom. The number of likely N-dealkylation sites (tertiary alicyclic amines) is 1. The van der Waals surface area contributed by atoms with Crippen LogP contribution in [0.1, 0.15) is 38.5 Å². The van der Waals surface area contributed by atoms with E-state index in [4.69, 9.17) is 0 Å². The zero-order valence-corrected chi connectivity index (χ0v) is 27.1. The number of carbonyl (C=O) groups is 3. The lowest BCUT2D eigenvalue weighted by molar-refractivity contribution is -0.139. The number of hydrogen-bond donors (Lipinski definition) is 1. The summed E-state index contributed by atoms with van der Waals surface area (Å²) >= 11 is 1.70. The fraction of sp³-hybridized carbons (Fsp3) is 0.395. The number of benzene rings is 3. The fourth-order valence-corrected chi connectivity index (χ4v) is 10.1. The number of thioether (sulfide) groups is 1. The topological polar surface area (TPSA) is 81.2 Å². The van der Waals surface area contributed by atoms with Crippen molar-refractivity contribution in [2.24, 2.45) is 11.8 Å². The zero-order valence-electron chi connectivity index (χ0n) is 26.3. The number of para-hydroxylation sites is 1. The number of aliphatic hydroxyl groups excluding tert-OH is 1. The van der Waals surface area contributed by atoms with E-state index < -0.39 is 22.6 Å². The van der Waals surface area contributed by atoms with E-state index in [1.807, 2.05) is 72.8 Å². The average Bonchev–Trinajstić information content (AvgIpc) is 3.73. The second kappa shape index (κ2) is 13.9. The maximum atomic E-state index is 15.0. The molecule has 3 aliphatic rings. The SMILES string of the molecule is C=CCN(C(=O)C1N(CCCCCCO)C(=O)[C@@H]2[C@@H](C(=O)N(CC=C)c3ccccc3)[C@H]3CCC12S3)c1ccc2ccccc2c1. The molecule has 2 bridgehead atoms. The normalized spacial score (nSPS) is 24.6. The van der Waals surface area contributed by atoms with Crippen LogP contribution in [0.25, 0.3) is 10.8 Å². The van der Waals surface area contributed by atoms with Gasteiger partial charge >= 0.3 is 0 Å². The van der Waals surface area contributed by atoms with E-state index in [-0.39, 0.29) is 29.6 Å². The second-order valence-electron chi connectivity index (χ2n) is 12.6. The molecular weight excluding hydrogens is 595 g/mol. The first-order chi connectivity index (χ1) is 22.4. The fourth-order valence-electron chi connectivity index (χ4n) is 7.89. The van der Waals surface area contributed by atoms with Crippen LogP contribution >= 0.6 is 11.8 Å². The molecule has 3 saturated heterocycles. The Balaban J connectivity index is 1.38. The number of unbranched alkanes of at least 4 members (excludes halogenated alkanes) is 3. The third-order valence-electron chi connectivity index (χ3n) is 9.89. The molecule has 3 aliphatic heterocycles. The first-order valence-electron chi connectivity index (χ1n) is 16.4. The van der Waals surface area contributed by atoms with Gasteiger partial charge in [-0.05, 0) is 60.7 Å². The van der Waals surface area contributed by atoms with Crippen LogP contribution in [0.2, 0.25) is 0 Å². The molecule has 240 valence electrons. The summed E-state index contributed by atoms with van der Waals surface area (Å²) in [5.74, 6) is -1.37. The molecule has 2 unspecified atom stereocenters. The Hall–Kier alpha value is -3.88. The molecule has 8 heteroatoms. The van der Waals surface area contributed by atoms with Gasteiger partial charge in [-0.1, -0.05) is 73.5 Å². The minimum atomic E-state index is -0.688. The number of fused-ring (bicyclic) bond motifs is 2. The lowest BCUT2D eigenvalue weighted by atomic mass is 9.70. The monoisotopic (exact) mass is 637 g/mol. The molecule has 1 N–H and O–H groups in total. The number of anilines is 2. The van der Waals surface area contributed by atoms with Crippen molar-refractivity contribution >= 4 is 51.6 Å². The summed E-state index contributed by atoms with van der Waals surface area (Å²) in [5, 5.41) is 11.4. The van der Waals surface area contributed by atoms with Gasteiger partial charge in [0.2, 0.25) is 11.8 Å². The van der Waals surface area contributed by atoms with Gasteiger partial charge in [0.05, 0.1) is 16.6 Å². The Morgan fingerprint density at radius 1 is 0.870 bits per heavy atom. The first kappa shape index (κ1) is 32.1. The summed E-state index contributed by atoms with van der Waals surface area (Å²) in [5.41, 5.74) is 1.55. The van der Waals surface area contributed by atoms with Crippen LogP contribution in [-0.2, 0) is 14.4 Å². The van der Waals surface area contributed by atoms with Gasteiger partial charge in [0.1, 0.15) is 6.04 Å². The van der Waals surface area contributed by atoms with Gasteiger partial charge in [-0.15, -0.1) is 24.9 Å². The standard InChI is InChI=1S/C38H43N3O4S/c1-3-22-39(29-16-8-7-9-17-29)35(43)32-31-20-21-38(46-31)33(32)36(44)41(24-12-5-6-13-25-42)34(38)37(45)40(23-4-2)30-19-18-27-14-10-11-15-28(27)26-30/h3-4,7-11,14-19,26,31-34,42H,1-2,5-6,12-13,20-25H2/t31-,32+,33+,34?,38?/m1/s1. The highest BCUT2D eigenvalue weighted by atomic mass is 32.2. The molecule has 46 heavy (non-hydrogen) atoms. The van der Waals surface area contributed by atoms with E-state index in [9.17, 15) is 19.5 Å². The van der Waals surface area contributed by atoms with Crippen molar-refractivity contribution < 1.29 is 19.5 Å². The maximum absolute atomic E-state index is 15.0. The smallest absolute Gasteiger partial charge is 0.251 e. The van der Waals surface area contributed by atoms with Gasteiger partial charge in [-0.3, -0.25) is 14.4 Å². The van der Waals surface area contributed by atoms with Crippen molar-refractivity contribution in [3.05, 3.63) is 98.1 Å². The molecular formula is C38H43N3O4S. The van der Waals surface area contributed by atoms with Crippen molar-refractivity contribution in [1.29, 1.82) is 0 Å². The molecule has 0 aromatic heterocycles. The maximum Gasteiger partial charge on any atom is 0.251 e. The molecule has 7 nitrogen and oxygen atoms in total. The Morgan fingerprint density at radius 3 is 2.26 bits per heavy atom. The molecule has 0 saturated carbocycles. The lowest BCUT2D eigenvalue weighted by Crippen LogP contribution is -2.55. The molecule has 5 atom stereocenters. The molecule has 3 fully saturated rings. The number of carbonyl (C=O) groups excluding carboxylic acids is 3. The summed E-state index contributed by atoms with van der Waals surface area (Å²) in [7, 11) is 0. The van der Waals surface area contributed by atoms with Crippen molar-refractivity contribution in [1.82, 2.24) is 4.90 Å². The summed E-state index contributed by atoms with van der Waals surface area (Å²) in [6, 6.07) is 23.0. The third kappa shape index (κ3) is 5.66. The number of nitrogens with zero attached hydrogens (tertiary/aromatic N) is 3. The number of hydrogen-bond acceptors (Lipinski definition) is 5. The van der Waals surface area contributed by atoms with E-state index in [0.29, 0.717) is 32.5 Å². The summed E-state index contributed by atoms with van der Waals surface area (Å²) < 4.78 is -0.683. The van der Waals surface area contributed by atoms with Crippen molar-refractivity contribution in [3.63, 3.8) is 0 Å². The molecule has 0 radical (unpaired) electrons. The van der Waals surface area contributed by atoms with Crippen LogP contribution < -0.4 is 9.80 Å². The van der Waals surface area contributed by atoms with Crippen LogP contribution in [0.3, 0.4) is 0 Å². The van der Waals surface area contributed by atoms with E-state index >= 15 is 0 Å². The van der Waals surface area contributed by atoms with Gasteiger partial charge in [0.25, 0.3) is 5.91 Å². The number of rotatable bonds is 14. The molecule has 1 spiro atoms. The summed E-state index contributed by atoms with van der Waals surface area (Å²) in [6.45, 7) is 9.10. The minimum absolute atomic E-state index is 0.0343. The van der Waals surface area contributed by atoms with Gasteiger partial charge in [-0.2, -0.15) is 0 Å². The van der Waals surface area contributed by atoms with Crippen LogP contribution in [0.4, 0.5) is 11.4 Å². The van der Waals surface area contributed by atoms with Crippen molar-refractivity contribution in [3.8, 4) is 0 Å². The van der Waals surface area contributed by atoms with Gasteiger partial charge in [-0.25, -0.2) is 0 Å². The minimum Gasteiger partial charge on any atom is -0.396 e. The second-order valence-corrected chi connectivity index (χ2v) is 14.2. The number of amides is 3. The lowest BCUT2D eigenvalue weighted by Gasteiger charge is -2.37. The molecule has 3 aromatic rings. The van der Waals surface area contributed by atoms with Crippen LogP contribution in [-0.4, -0.2) is 70.0 Å². The van der Waals surface area contributed by atoms with E-state index in [2.05, 4.69) is 13.2 Å². The highest BCUT2D eigenvalue weighted by Crippen LogP contribution is 2.67. The highest BCUT2D eigenvalue weighted by Gasteiger charge is 2.74. The van der Waals surface area contributed by atoms with Gasteiger partial charge in [0, 0.05) is 42.9 Å². The van der Waals surface area contributed by atoms with Crippen LogP contribution in [0.15, 0.2) is 98.1 Å². The number of aliphatic hydroxyl groups is 1. The molecule has 3 heterocycles. The van der Waals surface area contributed by atoms with Crippen molar-refractivity contribution in [2.45, 2.75) is 54.6 Å². The third-order valence-corrected chi connectivity index (χ3v) is 11.8. The Kier molecular flexibility index (Phi) is 9.66. The predicted molar refractivity (Wildman–Crippen MR) is 187 cm³/mol. The Bertz CT molecular complexity index is 1610. The molecule has 3 amide bonds. The highest BCUT2D eigenvalue weighted by molar-refractivity contribution is 8.02. The first-order valence-corrected chi connectivity index (χ1v) is 17.3. The summed E-state index contributed by atoms with van der Waals surface area (Å²) in [6.07, 6.45) is 8.11. The quantitative estimate of drug-likeness (QED) is 0.168. The van der Waals surface area contributed by atoms with E-state index in [1.54, 1.807) is 38.6 Å². The zero-order chi connectivity index (χ0) is 32.3. The van der Waals surface area contributed by atoms with E-state index in [1.165, 1.54) is 0 Å². The van der Waals surface area contributed by atoms with Crippen LogP contribution in [0, 0.1) is 11.8 Å². The van der Waals surface area contributed by atoms with E-state index in [0.717, 1.165) is 47.8 Å². The van der Waals surface area contributed by atoms with Gasteiger partial charge in [0.15, 0.2) is 0 Å². The molecule has 0 aliphatic carbocycles. The Labute approximate surface area is 275 Å². The van der Waals surface area contributed by atoms with Crippen molar-refractivity contribution in [2.75, 3.05) is 36.0 Å². The molecule has 3 aromatic carbocycles. The molecule has 6 rings (SSSR count). The predicted octanol–water partition coefficient (Wildman–Crippen LogP) is 6.22. The van der Waals surface area contributed by atoms with Gasteiger partial charge < -0.3 is 19.8 Å².